The second kappa shape index (κ2) is 6.20. The van der Waals surface area contributed by atoms with Crippen LogP contribution in [0.15, 0.2) is 42.5 Å². The van der Waals surface area contributed by atoms with Gasteiger partial charge in [-0.1, -0.05) is 12.1 Å². The van der Waals surface area contributed by atoms with Gasteiger partial charge >= 0.3 is 6.18 Å². The van der Waals surface area contributed by atoms with Gasteiger partial charge in [-0.15, -0.1) is 11.3 Å². The molecule has 3 rings (SSSR count). The summed E-state index contributed by atoms with van der Waals surface area (Å²) >= 11 is 1.01. The minimum Gasteiger partial charge on any atom is -0.346 e. The number of aromatic nitrogens is 1. The van der Waals surface area contributed by atoms with Crippen molar-refractivity contribution in [2.24, 2.45) is 0 Å². The van der Waals surface area contributed by atoms with Crippen molar-refractivity contribution >= 4 is 27.5 Å². The Kier molecular flexibility index (Phi) is 4.23. The van der Waals surface area contributed by atoms with E-state index in [1.165, 1.54) is 30.3 Å². The fourth-order valence-electron chi connectivity index (χ4n) is 2.06. The SMILES string of the molecule is O=C(NCc1ccc(F)cc1)c1nc2cc(C(F)(F)F)ccc2s1. The number of alkyl halides is 3. The first-order valence-electron chi connectivity index (χ1n) is 6.83. The summed E-state index contributed by atoms with van der Waals surface area (Å²) in [6.07, 6.45) is -4.46. The summed E-state index contributed by atoms with van der Waals surface area (Å²) in [5.74, 6) is -0.870. The van der Waals surface area contributed by atoms with E-state index in [1.54, 1.807) is 0 Å². The van der Waals surface area contributed by atoms with Crippen LogP contribution >= 0.6 is 11.3 Å². The molecule has 0 saturated heterocycles. The van der Waals surface area contributed by atoms with Crippen LogP contribution < -0.4 is 5.32 Å². The topological polar surface area (TPSA) is 42.0 Å². The van der Waals surface area contributed by atoms with E-state index >= 15 is 0 Å². The highest BCUT2D eigenvalue weighted by Crippen LogP contribution is 2.32. The van der Waals surface area contributed by atoms with E-state index < -0.39 is 17.6 Å². The summed E-state index contributed by atoms with van der Waals surface area (Å²) in [4.78, 5) is 16.0. The Bertz CT molecular complexity index is 887. The minimum absolute atomic E-state index is 0.0754. The largest absolute Gasteiger partial charge is 0.416 e. The zero-order valence-corrected chi connectivity index (χ0v) is 12.8. The standard InChI is InChI=1S/C16H10F4N2OS/c17-11-4-1-9(2-5-11)8-21-14(23)15-22-12-7-10(16(18,19)20)3-6-13(12)24-15/h1-7H,8H2,(H,21,23). The van der Waals surface area contributed by atoms with E-state index in [0.29, 0.717) is 10.3 Å². The quantitative estimate of drug-likeness (QED) is 0.709. The lowest BCUT2D eigenvalue weighted by Gasteiger charge is -2.04. The number of hydrogen-bond acceptors (Lipinski definition) is 3. The highest BCUT2D eigenvalue weighted by atomic mass is 32.1. The van der Waals surface area contributed by atoms with Gasteiger partial charge in [-0.05, 0) is 35.9 Å². The molecule has 0 radical (unpaired) electrons. The van der Waals surface area contributed by atoms with E-state index in [-0.39, 0.29) is 22.9 Å². The maximum atomic E-state index is 12.8. The van der Waals surface area contributed by atoms with Gasteiger partial charge in [0.05, 0.1) is 15.8 Å². The molecule has 0 spiro atoms. The third kappa shape index (κ3) is 3.53. The highest BCUT2D eigenvalue weighted by Gasteiger charge is 2.31. The number of nitrogens with zero attached hydrogens (tertiary/aromatic N) is 1. The Hall–Kier alpha value is -2.48. The Balaban J connectivity index is 1.76. The third-order valence-corrected chi connectivity index (χ3v) is 4.31. The highest BCUT2D eigenvalue weighted by molar-refractivity contribution is 7.20. The minimum atomic E-state index is -4.46. The summed E-state index contributed by atoms with van der Waals surface area (Å²) in [7, 11) is 0. The summed E-state index contributed by atoms with van der Waals surface area (Å²) < 4.78 is 51.4. The molecular formula is C16H10F4N2OS. The average molecular weight is 354 g/mol. The molecule has 0 aliphatic heterocycles. The molecule has 1 N–H and O–H groups in total. The van der Waals surface area contributed by atoms with E-state index in [9.17, 15) is 22.4 Å². The molecule has 0 atom stereocenters. The maximum absolute atomic E-state index is 12.8. The predicted octanol–water partition coefficient (Wildman–Crippen LogP) is 4.38. The van der Waals surface area contributed by atoms with Crippen LogP contribution in [0.2, 0.25) is 0 Å². The Labute approximate surface area is 137 Å². The van der Waals surface area contributed by atoms with Crippen LogP contribution in [0.4, 0.5) is 17.6 Å². The van der Waals surface area contributed by atoms with Crippen LogP contribution in [0.3, 0.4) is 0 Å². The second-order valence-electron chi connectivity index (χ2n) is 5.01. The number of nitrogens with one attached hydrogen (secondary N) is 1. The van der Waals surface area contributed by atoms with Crippen LogP contribution in [0.25, 0.3) is 10.2 Å². The average Bonchev–Trinajstić information content (AvgIpc) is 2.96. The van der Waals surface area contributed by atoms with Crippen molar-refractivity contribution in [2.45, 2.75) is 12.7 Å². The van der Waals surface area contributed by atoms with Crippen molar-refractivity contribution in [3.05, 3.63) is 64.4 Å². The molecule has 0 bridgehead atoms. The molecule has 0 unspecified atom stereocenters. The van der Waals surface area contributed by atoms with Gasteiger partial charge in [0.1, 0.15) is 5.82 Å². The first kappa shape index (κ1) is 16.4. The van der Waals surface area contributed by atoms with Crippen LogP contribution in [-0.2, 0) is 12.7 Å². The molecule has 0 saturated carbocycles. The second-order valence-corrected chi connectivity index (χ2v) is 6.04. The van der Waals surface area contributed by atoms with Crippen LogP contribution in [0, 0.1) is 5.82 Å². The molecule has 1 aromatic heterocycles. The fourth-order valence-corrected chi connectivity index (χ4v) is 2.92. The number of amides is 1. The molecular weight excluding hydrogens is 344 g/mol. The summed E-state index contributed by atoms with van der Waals surface area (Å²) in [5.41, 5.74) is 0.0190. The summed E-state index contributed by atoms with van der Waals surface area (Å²) in [6, 6.07) is 8.79. The van der Waals surface area contributed by atoms with Gasteiger partial charge in [0.15, 0.2) is 5.01 Å². The first-order valence-corrected chi connectivity index (χ1v) is 7.65. The number of benzene rings is 2. The Morgan fingerprint density at radius 1 is 1.12 bits per heavy atom. The van der Waals surface area contributed by atoms with Crippen molar-refractivity contribution in [1.29, 1.82) is 0 Å². The van der Waals surface area contributed by atoms with Crippen molar-refractivity contribution in [2.75, 3.05) is 0 Å². The lowest BCUT2D eigenvalue weighted by Crippen LogP contribution is -2.22. The molecule has 3 nitrogen and oxygen atoms in total. The molecule has 24 heavy (non-hydrogen) atoms. The number of thiazole rings is 1. The predicted molar refractivity (Wildman–Crippen MR) is 82.2 cm³/mol. The first-order chi connectivity index (χ1) is 11.3. The van der Waals surface area contributed by atoms with Crippen molar-refractivity contribution < 1.29 is 22.4 Å². The molecule has 124 valence electrons. The molecule has 0 aliphatic rings. The van der Waals surface area contributed by atoms with E-state index in [4.69, 9.17) is 0 Å². The van der Waals surface area contributed by atoms with Crippen molar-refractivity contribution in [1.82, 2.24) is 10.3 Å². The fraction of sp³-hybridized carbons (Fsp3) is 0.125. The zero-order valence-electron chi connectivity index (χ0n) is 12.0. The van der Waals surface area contributed by atoms with Crippen molar-refractivity contribution in [3.8, 4) is 0 Å². The van der Waals surface area contributed by atoms with Crippen LogP contribution in [0.5, 0.6) is 0 Å². The molecule has 8 heteroatoms. The lowest BCUT2D eigenvalue weighted by atomic mass is 10.2. The molecule has 3 aromatic rings. The van der Waals surface area contributed by atoms with Crippen LogP contribution in [-0.4, -0.2) is 10.9 Å². The number of halogens is 4. The number of carbonyl (C=O) groups is 1. The van der Waals surface area contributed by atoms with Crippen LogP contribution in [0.1, 0.15) is 20.9 Å². The number of hydrogen-bond donors (Lipinski definition) is 1. The van der Waals surface area contributed by atoms with Gasteiger partial charge < -0.3 is 5.32 Å². The molecule has 1 heterocycles. The smallest absolute Gasteiger partial charge is 0.346 e. The monoisotopic (exact) mass is 354 g/mol. The molecule has 0 fully saturated rings. The number of rotatable bonds is 3. The Morgan fingerprint density at radius 2 is 1.83 bits per heavy atom. The Morgan fingerprint density at radius 3 is 2.50 bits per heavy atom. The summed E-state index contributed by atoms with van der Waals surface area (Å²) in [6.45, 7) is 0.169. The molecule has 0 aliphatic carbocycles. The normalized spacial score (nSPS) is 11.7. The zero-order chi connectivity index (χ0) is 17.3. The van der Waals surface area contributed by atoms with Gasteiger partial charge in [-0.3, -0.25) is 4.79 Å². The molecule has 2 aromatic carbocycles. The van der Waals surface area contributed by atoms with Gasteiger partial charge in [-0.2, -0.15) is 13.2 Å². The van der Waals surface area contributed by atoms with E-state index in [1.807, 2.05) is 0 Å². The lowest BCUT2D eigenvalue weighted by molar-refractivity contribution is -0.137. The summed E-state index contributed by atoms with van der Waals surface area (Å²) in [5, 5.41) is 2.68. The van der Waals surface area contributed by atoms with Gasteiger partial charge in [0, 0.05) is 6.54 Å². The molecule has 1 amide bonds. The number of fused-ring (bicyclic) bond motifs is 1. The van der Waals surface area contributed by atoms with Gasteiger partial charge in [0.2, 0.25) is 0 Å². The van der Waals surface area contributed by atoms with Crippen molar-refractivity contribution in [3.63, 3.8) is 0 Å². The third-order valence-electron chi connectivity index (χ3n) is 3.28. The van der Waals surface area contributed by atoms with E-state index in [2.05, 4.69) is 10.3 Å². The number of carbonyl (C=O) groups excluding carboxylic acids is 1. The van der Waals surface area contributed by atoms with E-state index in [0.717, 1.165) is 23.5 Å². The van der Waals surface area contributed by atoms with Gasteiger partial charge in [-0.25, -0.2) is 9.37 Å². The maximum Gasteiger partial charge on any atom is 0.416 e. The van der Waals surface area contributed by atoms with Gasteiger partial charge in [0.25, 0.3) is 5.91 Å².